The van der Waals surface area contributed by atoms with Crippen molar-refractivity contribution in [1.82, 2.24) is 4.98 Å². The van der Waals surface area contributed by atoms with Crippen molar-refractivity contribution < 1.29 is 14.5 Å². The first-order valence-corrected chi connectivity index (χ1v) is 5.52. The summed E-state index contributed by atoms with van der Waals surface area (Å²) in [7, 11) is 1.40. The monoisotopic (exact) mass is 261 g/mol. The van der Waals surface area contributed by atoms with E-state index in [0.717, 1.165) is 0 Å². The molecule has 0 saturated carbocycles. The molecule has 2 rings (SSSR count). The number of terminal acetylenes is 1. The highest BCUT2D eigenvalue weighted by Gasteiger charge is 2.34. The highest BCUT2D eigenvalue weighted by Crippen LogP contribution is 2.32. The number of rotatable bonds is 3. The van der Waals surface area contributed by atoms with Crippen LogP contribution in [-0.2, 0) is 4.79 Å². The van der Waals surface area contributed by atoms with Crippen LogP contribution in [0, 0.1) is 28.4 Å². The number of carbonyl (C=O) groups is 1. The van der Waals surface area contributed by atoms with E-state index in [0.29, 0.717) is 0 Å². The average Bonchev–Trinajstić information content (AvgIpc) is 2.79. The van der Waals surface area contributed by atoms with Gasteiger partial charge in [-0.1, -0.05) is 0 Å². The van der Waals surface area contributed by atoms with E-state index >= 15 is 0 Å². The van der Waals surface area contributed by atoms with Gasteiger partial charge in [0.15, 0.2) is 0 Å². The fraction of sp³-hybridized carbons (Fsp3) is 0.333. The van der Waals surface area contributed by atoms with Crippen LogP contribution >= 0.6 is 0 Å². The van der Waals surface area contributed by atoms with Crippen molar-refractivity contribution >= 4 is 17.4 Å². The number of anilines is 1. The summed E-state index contributed by atoms with van der Waals surface area (Å²) >= 11 is 0. The molecule has 1 aliphatic rings. The van der Waals surface area contributed by atoms with Crippen LogP contribution in [0.1, 0.15) is 6.42 Å². The molecule has 1 saturated heterocycles. The molecule has 1 unspecified atom stereocenters. The Kier molecular flexibility index (Phi) is 3.33. The summed E-state index contributed by atoms with van der Waals surface area (Å²) < 4.78 is 4.93. The quantitative estimate of drug-likeness (QED) is 0.460. The molecule has 1 aliphatic heterocycles. The zero-order valence-corrected chi connectivity index (χ0v) is 10.2. The summed E-state index contributed by atoms with van der Waals surface area (Å²) in [6.07, 6.45) is 5.46. The summed E-state index contributed by atoms with van der Waals surface area (Å²) in [6.45, 7) is 0.232. The number of aromatic nitrogens is 1. The van der Waals surface area contributed by atoms with Gasteiger partial charge in [-0.05, 0) is 0 Å². The van der Waals surface area contributed by atoms with Crippen LogP contribution in [0.5, 0.6) is 5.88 Å². The molecule has 19 heavy (non-hydrogen) atoms. The standard InChI is InChI=1S/C12H11N3O4/c1-3-8-6-11(16)14(7-8)12-9(15(17)18)4-5-10(13-12)19-2/h1,4-5,8H,6-7H2,2H3. The van der Waals surface area contributed by atoms with E-state index in [1.54, 1.807) is 0 Å². The molecule has 98 valence electrons. The summed E-state index contributed by atoms with van der Waals surface area (Å²) in [5.74, 6) is 2.14. The fourth-order valence-electron chi connectivity index (χ4n) is 1.90. The molecular weight excluding hydrogens is 250 g/mol. The molecule has 1 aromatic heterocycles. The number of nitrogens with zero attached hydrogens (tertiary/aromatic N) is 3. The fourth-order valence-corrected chi connectivity index (χ4v) is 1.90. The first-order chi connectivity index (χ1) is 9.06. The van der Waals surface area contributed by atoms with Gasteiger partial charge in [-0.2, -0.15) is 4.98 Å². The number of methoxy groups -OCH3 is 1. The Balaban J connectivity index is 2.45. The molecular formula is C12H11N3O4. The Morgan fingerprint density at radius 1 is 1.63 bits per heavy atom. The van der Waals surface area contributed by atoms with Crippen molar-refractivity contribution in [3.63, 3.8) is 0 Å². The van der Waals surface area contributed by atoms with Gasteiger partial charge in [0.25, 0.3) is 0 Å². The summed E-state index contributed by atoms with van der Waals surface area (Å²) in [4.78, 5) is 27.5. The van der Waals surface area contributed by atoms with E-state index in [1.165, 1.54) is 24.1 Å². The third-order valence-corrected chi connectivity index (χ3v) is 2.85. The molecule has 0 spiro atoms. The molecule has 0 radical (unpaired) electrons. The van der Waals surface area contributed by atoms with Crippen molar-refractivity contribution in [2.75, 3.05) is 18.6 Å². The Labute approximate surface area is 109 Å². The molecule has 0 aliphatic carbocycles. The van der Waals surface area contributed by atoms with E-state index in [4.69, 9.17) is 11.2 Å². The molecule has 0 bridgehead atoms. The maximum absolute atomic E-state index is 11.8. The lowest BCUT2D eigenvalue weighted by molar-refractivity contribution is -0.384. The summed E-state index contributed by atoms with van der Waals surface area (Å²) in [5.41, 5.74) is -0.244. The number of hydrogen-bond donors (Lipinski definition) is 0. The number of ether oxygens (including phenoxy) is 1. The van der Waals surface area contributed by atoms with E-state index in [-0.39, 0.29) is 42.2 Å². The number of amides is 1. The molecule has 0 aromatic carbocycles. The predicted octanol–water partition coefficient (Wildman–Crippen LogP) is 0.985. The lowest BCUT2D eigenvalue weighted by Crippen LogP contribution is -2.26. The van der Waals surface area contributed by atoms with Crippen LogP contribution in [0.25, 0.3) is 0 Å². The number of hydrogen-bond acceptors (Lipinski definition) is 5. The van der Waals surface area contributed by atoms with Crippen molar-refractivity contribution in [2.45, 2.75) is 6.42 Å². The summed E-state index contributed by atoms with van der Waals surface area (Å²) in [6, 6.07) is 2.64. The zero-order chi connectivity index (χ0) is 14.0. The molecule has 1 atom stereocenters. The highest BCUT2D eigenvalue weighted by molar-refractivity contribution is 5.97. The maximum Gasteiger partial charge on any atom is 0.312 e. The van der Waals surface area contributed by atoms with Gasteiger partial charge >= 0.3 is 5.69 Å². The average molecular weight is 261 g/mol. The van der Waals surface area contributed by atoms with E-state index in [9.17, 15) is 14.9 Å². The van der Waals surface area contributed by atoms with Gasteiger partial charge in [-0.25, -0.2) is 0 Å². The molecule has 1 amide bonds. The van der Waals surface area contributed by atoms with Crippen molar-refractivity contribution in [3.05, 3.63) is 22.2 Å². The molecule has 1 fully saturated rings. The SMILES string of the molecule is C#CC1CC(=O)N(c2nc(OC)ccc2[N+](=O)[O-])C1. The van der Waals surface area contributed by atoms with Crippen LogP contribution in [0.15, 0.2) is 12.1 Å². The van der Waals surface area contributed by atoms with Crippen LogP contribution < -0.4 is 9.64 Å². The minimum Gasteiger partial charge on any atom is -0.481 e. The van der Waals surface area contributed by atoms with Gasteiger partial charge < -0.3 is 4.74 Å². The number of nitro groups is 1. The minimum absolute atomic E-state index is 0.0212. The largest absolute Gasteiger partial charge is 0.481 e. The summed E-state index contributed by atoms with van der Waals surface area (Å²) in [5, 5.41) is 11.0. The van der Waals surface area contributed by atoms with Crippen LogP contribution in [-0.4, -0.2) is 29.5 Å². The lowest BCUT2D eigenvalue weighted by Gasteiger charge is -2.15. The van der Waals surface area contributed by atoms with Gasteiger partial charge in [-0.15, -0.1) is 12.3 Å². The van der Waals surface area contributed by atoms with E-state index in [1.807, 2.05) is 0 Å². The molecule has 2 heterocycles. The second-order valence-electron chi connectivity index (χ2n) is 4.03. The van der Waals surface area contributed by atoms with Gasteiger partial charge in [0.05, 0.1) is 12.0 Å². The maximum atomic E-state index is 11.8. The smallest absolute Gasteiger partial charge is 0.312 e. The van der Waals surface area contributed by atoms with Crippen LogP contribution in [0.4, 0.5) is 11.5 Å². The third kappa shape index (κ3) is 2.33. The van der Waals surface area contributed by atoms with Gasteiger partial charge in [0, 0.05) is 31.0 Å². The van der Waals surface area contributed by atoms with E-state index < -0.39 is 4.92 Å². The Bertz CT molecular complexity index is 579. The van der Waals surface area contributed by atoms with Crippen molar-refractivity contribution in [2.24, 2.45) is 5.92 Å². The van der Waals surface area contributed by atoms with Crippen molar-refractivity contribution in [3.8, 4) is 18.2 Å². The lowest BCUT2D eigenvalue weighted by atomic mass is 10.1. The first-order valence-electron chi connectivity index (χ1n) is 5.52. The minimum atomic E-state index is -0.585. The van der Waals surface area contributed by atoms with Gasteiger partial charge in [0.1, 0.15) is 0 Å². The van der Waals surface area contributed by atoms with E-state index in [2.05, 4.69) is 10.9 Å². The number of pyridine rings is 1. The van der Waals surface area contributed by atoms with Crippen LogP contribution in [0.3, 0.4) is 0 Å². The molecule has 7 nitrogen and oxygen atoms in total. The number of carbonyl (C=O) groups excluding carboxylic acids is 1. The second-order valence-corrected chi connectivity index (χ2v) is 4.03. The van der Waals surface area contributed by atoms with Gasteiger partial charge in [-0.3, -0.25) is 19.8 Å². The topological polar surface area (TPSA) is 85.6 Å². The molecule has 0 N–H and O–H groups in total. The Hall–Kier alpha value is -2.62. The molecule has 7 heteroatoms. The van der Waals surface area contributed by atoms with Crippen molar-refractivity contribution in [1.29, 1.82) is 0 Å². The molecule has 1 aromatic rings. The second kappa shape index (κ2) is 4.94. The normalized spacial score (nSPS) is 18.2. The Morgan fingerprint density at radius 2 is 2.37 bits per heavy atom. The zero-order valence-electron chi connectivity index (χ0n) is 10.2. The predicted molar refractivity (Wildman–Crippen MR) is 66.7 cm³/mol. The third-order valence-electron chi connectivity index (χ3n) is 2.85. The Morgan fingerprint density at radius 3 is 2.89 bits per heavy atom. The van der Waals surface area contributed by atoms with Gasteiger partial charge in [0.2, 0.25) is 17.6 Å². The van der Waals surface area contributed by atoms with Crippen LogP contribution in [0.2, 0.25) is 0 Å². The highest BCUT2D eigenvalue weighted by atomic mass is 16.6. The first kappa shape index (κ1) is 12.8.